The summed E-state index contributed by atoms with van der Waals surface area (Å²) in [6.07, 6.45) is 8.16. The molecule has 1 aromatic carbocycles. The molecule has 7 nitrogen and oxygen atoms in total. The molecule has 2 amide bonds. The number of amides is 2. The van der Waals surface area contributed by atoms with Gasteiger partial charge >= 0.3 is 0 Å². The summed E-state index contributed by atoms with van der Waals surface area (Å²) < 4.78 is 7.54. The van der Waals surface area contributed by atoms with Gasteiger partial charge in [0.1, 0.15) is 11.2 Å². The van der Waals surface area contributed by atoms with Crippen LogP contribution in [-0.2, 0) is 16.1 Å². The van der Waals surface area contributed by atoms with Gasteiger partial charge in [-0.15, -0.1) is 0 Å². The van der Waals surface area contributed by atoms with E-state index in [0.29, 0.717) is 18.8 Å². The molecule has 1 atom stereocenters. The van der Waals surface area contributed by atoms with Crippen molar-refractivity contribution in [1.82, 2.24) is 19.7 Å². The monoisotopic (exact) mass is 466 g/mol. The van der Waals surface area contributed by atoms with Crippen LogP contribution in [0.5, 0.6) is 0 Å². The fourth-order valence-electron chi connectivity index (χ4n) is 5.86. The van der Waals surface area contributed by atoms with E-state index in [1.165, 1.54) is 19.3 Å². The number of ether oxygens (including phenoxy) is 1. The molecule has 3 heterocycles. The Morgan fingerprint density at radius 2 is 1.76 bits per heavy atom. The van der Waals surface area contributed by atoms with Gasteiger partial charge in [-0.05, 0) is 31.9 Å². The number of hydrogen-bond donors (Lipinski definition) is 1. The lowest BCUT2D eigenvalue weighted by Gasteiger charge is -2.45. The van der Waals surface area contributed by atoms with Crippen LogP contribution >= 0.6 is 0 Å². The van der Waals surface area contributed by atoms with Gasteiger partial charge in [0.25, 0.3) is 5.91 Å². The molecule has 1 aromatic heterocycles. The van der Waals surface area contributed by atoms with Crippen LogP contribution in [0.15, 0.2) is 30.3 Å². The molecule has 5 rings (SSSR count). The van der Waals surface area contributed by atoms with Crippen molar-refractivity contribution < 1.29 is 14.3 Å². The van der Waals surface area contributed by atoms with Gasteiger partial charge in [-0.1, -0.05) is 50.3 Å². The lowest BCUT2D eigenvalue weighted by Crippen LogP contribution is -2.65. The standard InChI is InChI=1S/C27H38N4O3/c1-27(26(33)28-22-10-5-3-2-4-6-11-22)20-30-23-12-8-7-9-21(23)19-24(30)25(32)31(27)14-13-29-15-17-34-18-16-29/h7-9,12,19,22H,2-6,10-11,13-18,20H2,1H3,(H,28,33). The Kier molecular flexibility index (Phi) is 6.93. The van der Waals surface area contributed by atoms with Crippen molar-refractivity contribution in [2.75, 3.05) is 39.4 Å². The molecule has 2 aliphatic heterocycles. The van der Waals surface area contributed by atoms with Crippen LogP contribution in [-0.4, -0.2) is 77.2 Å². The minimum atomic E-state index is -0.930. The van der Waals surface area contributed by atoms with Gasteiger partial charge in [-0.25, -0.2) is 0 Å². The van der Waals surface area contributed by atoms with E-state index in [2.05, 4.69) is 14.8 Å². The van der Waals surface area contributed by atoms with Crippen molar-refractivity contribution in [2.45, 2.75) is 70.0 Å². The number of rotatable bonds is 5. The third-order valence-electron chi connectivity index (χ3n) is 8.01. The predicted molar refractivity (Wildman–Crippen MR) is 133 cm³/mol. The van der Waals surface area contributed by atoms with Crippen molar-refractivity contribution in [3.05, 3.63) is 36.0 Å². The molecule has 34 heavy (non-hydrogen) atoms. The zero-order valence-corrected chi connectivity index (χ0v) is 20.4. The van der Waals surface area contributed by atoms with Crippen LogP contribution in [0.3, 0.4) is 0 Å². The molecule has 1 saturated heterocycles. The smallest absolute Gasteiger partial charge is 0.271 e. The van der Waals surface area contributed by atoms with Crippen LogP contribution in [0.25, 0.3) is 10.9 Å². The number of nitrogens with one attached hydrogen (secondary N) is 1. The summed E-state index contributed by atoms with van der Waals surface area (Å²) >= 11 is 0. The van der Waals surface area contributed by atoms with Crippen LogP contribution in [0.4, 0.5) is 0 Å². The maximum absolute atomic E-state index is 13.9. The van der Waals surface area contributed by atoms with Gasteiger partial charge in [-0.2, -0.15) is 0 Å². The van der Waals surface area contributed by atoms with Crippen molar-refractivity contribution in [1.29, 1.82) is 0 Å². The molecule has 0 radical (unpaired) electrons. The summed E-state index contributed by atoms with van der Waals surface area (Å²) in [4.78, 5) is 31.9. The summed E-state index contributed by atoms with van der Waals surface area (Å²) in [6.45, 7) is 6.91. The second-order valence-corrected chi connectivity index (χ2v) is 10.4. The first-order valence-corrected chi connectivity index (χ1v) is 13.1. The van der Waals surface area contributed by atoms with Gasteiger partial charge < -0.3 is 19.5 Å². The average Bonchev–Trinajstić information content (AvgIpc) is 3.20. The summed E-state index contributed by atoms with van der Waals surface area (Å²) in [5, 5.41) is 4.42. The van der Waals surface area contributed by atoms with E-state index in [1.807, 2.05) is 42.2 Å². The van der Waals surface area contributed by atoms with Crippen molar-refractivity contribution >= 4 is 22.7 Å². The Hall–Kier alpha value is -2.38. The van der Waals surface area contributed by atoms with Crippen LogP contribution in [0.1, 0.15) is 62.4 Å². The van der Waals surface area contributed by atoms with Crippen molar-refractivity contribution in [3.8, 4) is 0 Å². The highest BCUT2D eigenvalue weighted by Crippen LogP contribution is 2.32. The third kappa shape index (κ3) is 4.60. The number of para-hydroxylation sites is 1. The van der Waals surface area contributed by atoms with Gasteiger partial charge in [0, 0.05) is 43.1 Å². The minimum absolute atomic E-state index is 0.0168. The van der Waals surface area contributed by atoms with Crippen molar-refractivity contribution in [3.63, 3.8) is 0 Å². The summed E-state index contributed by atoms with van der Waals surface area (Å²) in [5.74, 6) is -0.0668. The molecule has 0 bridgehead atoms. The van der Waals surface area contributed by atoms with E-state index >= 15 is 0 Å². The molecular formula is C27H38N4O3. The van der Waals surface area contributed by atoms with Gasteiger partial charge in [0.05, 0.1) is 19.8 Å². The first-order chi connectivity index (χ1) is 16.6. The minimum Gasteiger partial charge on any atom is -0.379 e. The number of fused-ring (bicyclic) bond motifs is 3. The highest BCUT2D eigenvalue weighted by Gasteiger charge is 2.48. The Morgan fingerprint density at radius 3 is 2.53 bits per heavy atom. The van der Waals surface area contributed by atoms with E-state index in [9.17, 15) is 9.59 Å². The predicted octanol–water partition coefficient (Wildman–Crippen LogP) is 3.42. The highest BCUT2D eigenvalue weighted by molar-refractivity contribution is 6.03. The molecule has 184 valence electrons. The SMILES string of the molecule is CC1(C(=O)NC2CCCCCCC2)Cn2c(cc3ccccc32)C(=O)N1CCN1CCOCC1. The lowest BCUT2D eigenvalue weighted by atomic mass is 9.92. The zero-order valence-electron chi connectivity index (χ0n) is 20.4. The topological polar surface area (TPSA) is 66.8 Å². The number of aromatic nitrogens is 1. The van der Waals surface area contributed by atoms with Crippen LogP contribution in [0.2, 0.25) is 0 Å². The summed E-state index contributed by atoms with van der Waals surface area (Å²) in [7, 11) is 0. The van der Waals surface area contributed by atoms with Crippen LogP contribution in [0, 0.1) is 0 Å². The molecule has 0 spiro atoms. The molecular weight excluding hydrogens is 428 g/mol. The number of carbonyl (C=O) groups excluding carboxylic acids is 2. The second kappa shape index (κ2) is 10.1. The molecule has 1 saturated carbocycles. The zero-order chi connectivity index (χ0) is 23.5. The first-order valence-electron chi connectivity index (χ1n) is 13.1. The Labute approximate surface area is 202 Å². The number of nitrogens with zero attached hydrogens (tertiary/aromatic N) is 3. The fourth-order valence-corrected chi connectivity index (χ4v) is 5.86. The number of benzene rings is 1. The Morgan fingerprint density at radius 1 is 1.06 bits per heavy atom. The normalized spacial score (nSPS) is 25.1. The molecule has 2 aromatic rings. The lowest BCUT2D eigenvalue weighted by molar-refractivity contribution is -0.134. The quantitative estimate of drug-likeness (QED) is 0.733. The number of carbonyl (C=O) groups is 2. The van der Waals surface area contributed by atoms with E-state index in [-0.39, 0.29) is 17.9 Å². The van der Waals surface area contributed by atoms with E-state index in [4.69, 9.17) is 4.74 Å². The largest absolute Gasteiger partial charge is 0.379 e. The maximum Gasteiger partial charge on any atom is 0.271 e. The van der Waals surface area contributed by atoms with E-state index in [1.54, 1.807) is 0 Å². The summed E-state index contributed by atoms with van der Waals surface area (Å²) in [6, 6.07) is 10.3. The van der Waals surface area contributed by atoms with Gasteiger partial charge in [-0.3, -0.25) is 14.5 Å². The van der Waals surface area contributed by atoms with Gasteiger partial charge in [0.2, 0.25) is 5.91 Å². The fraction of sp³-hybridized carbons (Fsp3) is 0.630. The Balaban J connectivity index is 1.43. The second-order valence-electron chi connectivity index (χ2n) is 10.4. The molecule has 7 heteroatoms. The van der Waals surface area contributed by atoms with Gasteiger partial charge in [0.15, 0.2) is 0 Å². The van der Waals surface area contributed by atoms with E-state index < -0.39 is 5.54 Å². The van der Waals surface area contributed by atoms with Crippen molar-refractivity contribution in [2.24, 2.45) is 0 Å². The first kappa shape index (κ1) is 23.4. The summed E-state index contributed by atoms with van der Waals surface area (Å²) in [5.41, 5.74) is 0.767. The van der Waals surface area contributed by atoms with Crippen LogP contribution < -0.4 is 5.32 Å². The number of hydrogen-bond acceptors (Lipinski definition) is 4. The molecule has 1 N–H and O–H groups in total. The highest BCUT2D eigenvalue weighted by atomic mass is 16.5. The Bertz CT molecular complexity index is 1020. The molecule has 1 unspecified atom stereocenters. The molecule has 2 fully saturated rings. The molecule has 1 aliphatic carbocycles. The third-order valence-corrected chi connectivity index (χ3v) is 8.01. The maximum atomic E-state index is 13.9. The average molecular weight is 467 g/mol. The van der Waals surface area contributed by atoms with E-state index in [0.717, 1.165) is 69.4 Å². The number of morpholine rings is 1. The molecule has 3 aliphatic rings.